The molecule has 0 bridgehead atoms. The number of rotatable bonds is 2. The summed E-state index contributed by atoms with van der Waals surface area (Å²) >= 11 is 0. The van der Waals surface area contributed by atoms with Crippen LogP contribution in [0, 0.1) is 0 Å². The fourth-order valence-electron chi connectivity index (χ4n) is 1.69. The average Bonchev–Trinajstić information content (AvgIpc) is 2.55. The maximum absolute atomic E-state index is 11.4. The van der Waals surface area contributed by atoms with E-state index in [1.807, 2.05) is 13.8 Å². The van der Waals surface area contributed by atoms with Crippen LogP contribution in [0.1, 0.15) is 50.6 Å². The van der Waals surface area contributed by atoms with Crippen LogP contribution < -0.4 is 0 Å². The van der Waals surface area contributed by atoms with E-state index >= 15 is 0 Å². The highest BCUT2D eigenvalue weighted by atomic mass is 16.6. The molecule has 2 rings (SSSR count). The zero-order valence-corrected chi connectivity index (χ0v) is 8.68. The smallest absolute Gasteiger partial charge is 0.359 e. The van der Waals surface area contributed by atoms with Crippen LogP contribution in [0.2, 0.25) is 0 Å². The summed E-state index contributed by atoms with van der Waals surface area (Å²) in [6.45, 7) is 5.81. The van der Waals surface area contributed by atoms with Crippen molar-refractivity contribution in [2.24, 2.45) is 0 Å². The molecule has 4 heteroatoms. The zero-order valence-electron chi connectivity index (χ0n) is 8.68. The first-order valence-corrected chi connectivity index (χ1v) is 4.87. The van der Waals surface area contributed by atoms with E-state index in [2.05, 4.69) is 16.9 Å². The highest BCUT2D eigenvalue weighted by molar-refractivity contribution is 5.92. The molecule has 1 aliphatic heterocycles. The van der Waals surface area contributed by atoms with Gasteiger partial charge in [-0.3, -0.25) is 0 Å². The maximum Gasteiger partial charge on any atom is 0.359 e. The minimum Gasteiger partial charge on any atom is -0.448 e. The molecule has 0 fully saturated rings. The van der Waals surface area contributed by atoms with Gasteiger partial charge in [0.25, 0.3) is 0 Å². The lowest BCUT2D eigenvalue weighted by Crippen LogP contribution is -2.17. The van der Waals surface area contributed by atoms with Gasteiger partial charge in [-0.05, 0) is 20.3 Å². The Labute approximate surface area is 84.2 Å². The Kier molecular flexibility index (Phi) is 1.87. The highest BCUT2D eigenvalue weighted by Gasteiger charge is 2.41. The number of aromatic amines is 1. The normalized spacial score (nSPS) is 18.1. The second-order valence-electron chi connectivity index (χ2n) is 4.06. The number of aromatic nitrogens is 2. The molecular formula is C10H16N2O2. The van der Waals surface area contributed by atoms with E-state index in [0.29, 0.717) is 5.69 Å². The van der Waals surface area contributed by atoms with Gasteiger partial charge in [0.1, 0.15) is 11.4 Å². The van der Waals surface area contributed by atoms with Crippen LogP contribution in [-0.4, -0.2) is 15.9 Å². The quantitative estimate of drug-likeness (QED) is 0.736. The summed E-state index contributed by atoms with van der Waals surface area (Å²) in [5, 5.41) is 0. The van der Waals surface area contributed by atoms with E-state index in [1.54, 1.807) is 0 Å². The first-order valence-electron chi connectivity index (χ1n) is 4.87. The highest BCUT2D eigenvalue weighted by Crippen LogP contribution is 2.33. The number of cyclic esters (lactones) is 1. The van der Waals surface area contributed by atoms with Gasteiger partial charge in [-0.2, -0.15) is 0 Å². The maximum atomic E-state index is 11.4. The first-order chi connectivity index (χ1) is 6.54. The van der Waals surface area contributed by atoms with E-state index in [0.717, 1.165) is 24.4 Å². The number of hydrogen-bond acceptors (Lipinski definition) is 3. The van der Waals surface area contributed by atoms with Gasteiger partial charge >= 0.3 is 5.97 Å². The Balaban J connectivity index is 0.00000112. The van der Waals surface area contributed by atoms with Gasteiger partial charge in [0.2, 0.25) is 0 Å². The van der Waals surface area contributed by atoms with Crippen molar-refractivity contribution in [1.29, 1.82) is 0 Å². The summed E-state index contributed by atoms with van der Waals surface area (Å²) in [7, 11) is 0. The standard InChI is InChI=1S/C10H14N2O2.H2/c1-4-5-6-11-7-8(12-6)10(2,3)14-9(7)13;/h4-5H2,1-3H3,(H,11,12);1H. The van der Waals surface area contributed by atoms with Gasteiger partial charge in [0.05, 0.1) is 5.69 Å². The lowest BCUT2D eigenvalue weighted by Gasteiger charge is -2.15. The third-order valence-electron chi connectivity index (χ3n) is 2.38. The predicted octanol–water partition coefficient (Wildman–Crippen LogP) is 2.01. The molecule has 0 saturated carbocycles. The van der Waals surface area contributed by atoms with Crippen molar-refractivity contribution in [3.05, 3.63) is 17.2 Å². The third-order valence-corrected chi connectivity index (χ3v) is 2.38. The van der Waals surface area contributed by atoms with Gasteiger partial charge in [-0.1, -0.05) is 6.92 Å². The van der Waals surface area contributed by atoms with Crippen LogP contribution in [-0.2, 0) is 16.8 Å². The molecule has 1 aromatic rings. The number of hydrogen-bond donors (Lipinski definition) is 1. The Morgan fingerprint density at radius 3 is 2.86 bits per heavy atom. The molecule has 0 radical (unpaired) electrons. The minimum atomic E-state index is -0.550. The Bertz CT molecular complexity index is 385. The van der Waals surface area contributed by atoms with E-state index in [9.17, 15) is 4.79 Å². The molecule has 1 aliphatic rings. The molecule has 0 amide bonds. The van der Waals surface area contributed by atoms with Crippen molar-refractivity contribution in [3.8, 4) is 0 Å². The van der Waals surface area contributed by atoms with Crippen molar-refractivity contribution in [3.63, 3.8) is 0 Å². The van der Waals surface area contributed by atoms with Crippen LogP contribution in [0.3, 0.4) is 0 Å². The molecule has 0 unspecified atom stereocenters. The number of fused-ring (bicyclic) bond motifs is 1. The van der Waals surface area contributed by atoms with Crippen molar-refractivity contribution in [2.75, 3.05) is 0 Å². The van der Waals surface area contributed by atoms with E-state index < -0.39 is 5.60 Å². The Morgan fingerprint density at radius 2 is 2.29 bits per heavy atom. The van der Waals surface area contributed by atoms with Crippen LogP contribution in [0.5, 0.6) is 0 Å². The van der Waals surface area contributed by atoms with E-state index in [-0.39, 0.29) is 7.40 Å². The molecule has 14 heavy (non-hydrogen) atoms. The Hall–Kier alpha value is -1.32. The van der Waals surface area contributed by atoms with E-state index in [4.69, 9.17) is 4.74 Å². The summed E-state index contributed by atoms with van der Waals surface area (Å²) in [6.07, 6.45) is 1.89. The average molecular weight is 196 g/mol. The third kappa shape index (κ3) is 1.22. The van der Waals surface area contributed by atoms with Gasteiger partial charge in [-0.15, -0.1) is 0 Å². The van der Waals surface area contributed by atoms with Gasteiger partial charge < -0.3 is 9.72 Å². The number of nitrogens with one attached hydrogen (secondary N) is 1. The molecule has 78 valence electrons. The number of ether oxygens (including phenoxy) is 1. The summed E-state index contributed by atoms with van der Waals surface area (Å²) in [5.41, 5.74) is 0.718. The summed E-state index contributed by atoms with van der Waals surface area (Å²) in [6, 6.07) is 0. The van der Waals surface area contributed by atoms with Gasteiger partial charge in [0, 0.05) is 7.85 Å². The van der Waals surface area contributed by atoms with Crippen LogP contribution in [0.4, 0.5) is 0 Å². The SMILES string of the molecule is CCCc1nc2c([nH]1)C(C)(C)OC2=O.[HH]. The molecule has 0 spiro atoms. The number of carbonyl (C=O) groups is 1. The molecule has 0 atom stereocenters. The minimum absolute atomic E-state index is 0. The second-order valence-corrected chi connectivity index (χ2v) is 4.06. The lowest BCUT2D eigenvalue weighted by atomic mass is 10.1. The summed E-state index contributed by atoms with van der Waals surface area (Å²) in [5.74, 6) is 0.561. The van der Waals surface area contributed by atoms with Gasteiger partial charge in [0.15, 0.2) is 5.69 Å². The van der Waals surface area contributed by atoms with Crippen molar-refractivity contribution >= 4 is 5.97 Å². The Morgan fingerprint density at radius 1 is 1.57 bits per heavy atom. The number of nitrogens with zero attached hydrogens (tertiary/aromatic N) is 1. The van der Waals surface area contributed by atoms with Crippen LogP contribution >= 0.6 is 0 Å². The fourth-order valence-corrected chi connectivity index (χ4v) is 1.69. The van der Waals surface area contributed by atoms with Crippen LogP contribution in [0.15, 0.2) is 0 Å². The van der Waals surface area contributed by atoms with E-state index in [1.165, 1.54) is 0 Å². The van der Waals surface area contributed by atoms with Crippen molar-refractivity contribution < 1.29 is 11.0 Å². The van der Waals surface area contributed by atoms with Crippen molar-refractivity contribution in [2.45, 2.75) is 39.2 Å². The predicted molar refractivity (Wildman–Crippen MR) is 53.1 cm³/mol. The summed E-state index contributed by atoms with van der Waals surface area (Å²) < 4.78 is 5.16. The van der Waals surface area contributed by atoms with Crippen LogP contribution in [0.25, 0.3) is 0 Å². The molecule has 0 saturated heterocycles. The second kappa shape index (κ2) is 2.83. The van der Waals surface area contributed by atoms with Gasteiger partial charge in [-0.25, -0.2) is 9.78 Å². The topological polar surface area (TPSA) is 55.0 Å². The molecule has 4 nitrogen and oxygen atoms in total. The number of esters is 1. The van der Waals surface area contributed by atoms with Crippen molar-refractivity contribution in [1.82, 2.24) is 9.97 Å². The monoisotopic (exact) mass is 196 g/mol. The number of H-pyrrole nitrogens is 1. The largest absolute Gasteiger partial charge is 0.448 e. The number of imidazole rings is 1. The zero-order chi connectivity index (χ0) is 10.3. The molecule has 2 heterocycles. The molecule has 0 aliphatic carbocycles. The number of carbonyl (C=O) groups excluding carboxylic acids is 1. The number of aryl methyl sites for hydroxylation is 1. The molecule has 1 aromatic heterocycles. The summed E-state index contributed by atoms with van der Waals surface area (Å²) in [4.78, 5) is 18.8. The first kappa shape index (κ1) is 9.24. The molecule has 1 N–H and O–H groups in total. The lowest BCUT2D eigenvalue weighted by molar-refractivity contribution is 0.00765. The molecular weight excluding hydrogens is 180 g/mol. The molecule has 0 aromatic carbocycles. The fraction of sp³-hybridized carbons (Fsp3) is 0.600.